The average molecular weight is 432 g/mol. The fourth-order valence-electron chi connectivity index (χ4n) is 4.36. The minimum absolute atomic E-state index is 0.132. The fraction of sp³-hybridized carbons (Fsp3) is 0.591. The average Bonchev–Trinajstić information content (AvgIpc) is 2.92. The normalized spacial score (nSPS) is 22.9. The zero-order chi connectivity index (χ0) is 20.9. The van der Waals surface area contributed by atoms with Gasteiger partial charge in [0.2, 0.25) is 5.91 Å². The molecule has 0 saturated carbocycles. The number of carbonyl (C=O) groups is 3. The van der Waals surface area contributed by atoms with Gasteiger partial charge in [-0.3, -0.25) is 24.2 Å². The first kappa shape index (κ1) is 21.3. The van der Waals surface area contributed by atoms with E-state index >= 15 is 0 Å². The van der Waals surface area contributed by atoms with Crippen LogP contribution in [0.3, 0.4) is 0 Å². The maximum absolute atomic E-state index is 13.0. The SMILES string of the molecule is O=C1c2ccccc2C(=O)N1CCCC(=O)N1CCCSCC1CN1CCOCC1. The molecule has 2 saturated heterocycles. The Morgan fingerprint density at radius 2 is 1.77 bits per heavy atom. The topological polar surface area (TPSA) is 70.2 Å². The predicted octanol–water partition coefficient (Wildman–Crippen LogP) is 1.73. The molecule has 0 radical (unpaired) electrons. The minimum atomic E-state index is -0.251. The highest BCUT2D eigenvalue weighted by Gasteiger charge is 2.35. The molecule has 4 rings (SSSR count). The number of imide groups is 1. The standard InChI is InChI=1S/C22H29N3O4S/c26-20(7-3-8-25-21(27)18-5-1-2-6-19(18)22(25)28)24-9-4-14-30-16-17(24)15-23-10-12-29-13-11-23/h1-2,5-6,17H,3-4,7-16H2. The van der Waals surface area contributed by atoms with Crippen LogP contribution in [0, 0.1) is 0 Å². The van der Waals surface area contributed by atoms with E-state index in [2.05, 4.69) is 4.90 Å². The first-order chi connectivity index (χ1) is 14.6. The van der Waals surface area contributed by atoms with E-state index in [1.165, 1.54) is 4.90 Å². The maximum Gasteiger partial charge on any atom is 0.261 e. The summed E-state index contributed by atoms with van der Waals surface area (Å²) in [6.07, 6.45) is 1.87. The van der Waals surface area contributed by atoms with Crippen LogP contribution in [-0.4, -0.2) is 95.9 Å². The molecule has 30 heavy (non-hydrogen) atoms. The molecule has 8 heteroatoms. The molecular weight excluding hydrogens is 402 g/mol. The van der Waals surface area contributed by atoms with E-state index in [1.54, 1.807) is 24.3 Å². The summed E-state index contributed by atoms with van der Waals surface area (Å²) in [7, 11) is 0. The van der Waals surface area contributed by atoms with Gasteiger partial charge in [0.05, 0.1) is 30.4 Å². The molecule has 0 bridgehead atoms. The van der Waals surface area contributed by atoms with Gasteiger partial charge in [0, 0.05) is 44.9 Å². The Bertz CT molecular complexity index is 761. The summed E-state index contributed by atoms with van der Waals surface area (Å²) in [5.74, 6) is 1.67. The smallest absolute Gasteiger partial charge is 0.261 e. The molecule has 0 aromatic heterocycles. The van der Waals surface area contributed by atoms with Gasteiger partial charge in [-0.25, -0.2) is 0 Å². The number of nitrogens with zero attached hydrogens (tertiary/aromatic N) is 3. The molecule has 0 aliphatic carbocycles. The molecular formula is C22H29N3O4S. The molecule has 3 heterocycles. The molecule has 0 spiro atoms. The van der Waals surface area contributed by atoms with E-state index in [4.69, 9.17) is 4.74 Å². The number of benzene rings is 1. The van der Waals surface area contributed by atoms with Crippen LogP contribution in [0.4, 0.5) is 0 Å². The zero-order valence-corrected chi connectivity index (χ0v) is 18.1. The van der Waals surface area contributed by atoms with Gasteiger partial charge >= 0.3 is 0 Å². The quantitative estimate of drug-likeness (QED) is 0.639. The molecule has 162 valence electrons. The van der Waals surface area contributed by atoms with Crippen molar-refractivity contribution in [2.75, 3.05) is 57.4 Å². The van der Waals surface area contributed by atoms with E-state index in [0.29, 0.717) is 24.0 Å². The van der Waals surface area contributed by atoms with Crippen LogP contribution in [0.25, 0.3) is 0 Å². The lowest BCUT2D eigenvalue weighted by atomic mass is 10.1. The van der Waals surface area contributed by atoms with Crippen molar-refractivity contribution < 1.29 is 19.1 Å². The van der Waals surface area contributed by atoms with Gasteiger partial charge in [0.15, 0.2) is 0 Å². The molecule has 1 aromatic rings. The number of hydrogen-bond donors (Lipinski definition) is 0. The second-order valence-electron chi connectivity index (χ2n) is 7.99. The summed E-state index contributed by atoms with van der Waals surface area (Å²) in [6.45, 7) is 5.32. The Balaban J connectivity index is 1.32. The van der Waals surface area contributed by atoms with Gasteiger partial charge in [-0.1, -0.05) is 12.1 Å². The number of carbonyl (C=O) groups excluding carboxylic acids is 3. The summed E-state index contributed by atoms with van der Waals surface area (Å²) < 4.78 is 5.44. The molecule has 7 nitrogen and oxygen atoms in total. The van der Waals surface area contributed by atoms with Crippen LogP contribution in [0.5, 0.6) is 0 Å². The Hall–Kier alpha value is -1.90. The predicted molar refractivity (Wildman–Crippen MR) is 116 cm³/mol. The molecule has 2 fully saturated rings. The molecule has 0 N–H and O–H groups in total. The Morgan fingerprint density at radius 1 is 1.07 bits per heavy atom. The highest BCUT2D eigenvalue weighted by Crippen LogP contribution is 2.23. The third-order valence-corrected chi connectivity index (χ3v) is 7.18. The van der Waals surface area contributed by atoms with Crippen molar-refractivity contribution in [2.45, 2.75) is 25.3 Å². The van der Waals surface area contributed by atoms with Crippen molar-refractivity contribution in [3.63, 3.8) is 0 Å². The van der Waals surface area contributed by atoms with Crippen LogP contribution in [-0.2, 0) is 9.53 Å². The first-order valence-electron chi connectivity index (χ1n) is 10.8. The first-order valence-corrected chi connectivity index (χ1v) is 11.9. The van der Waals surface area contributed by atoms with Crippen molar-refractivity contribution in [3.8, 4) is 0 Å². The van der Waals surface area contributed by atoms with E-state index in [9.17, 15) is 14.4 Å². The third-order valence-electron chi connectivity index (χ3n) is 5.98. The second-order valence-corrected chi connectivity index (χ2v) is 9.14. The van der Waals surface area contributed by atoms with Crippen LogP contribution in [0.15, 0.2) is 24.3 Å². The van der Waals surface area contributed by atoms with Crippen molar-refractivity contribution in [1.82, 2.24) is 14.7 Å². The molecule has 1 unspecified atom stereocenters. The van der Waals surface area contributed by atoms with Gasteiger partial charge < -0.3 is 9.64 Å². The largest absolute Gasteiger partial charge is 0.379 e. The number of rotatable bonds is 6. The summed E-state index contributed by atoms with van der Waals surface area (Å²) in [5.41, 5.74) is 0.924. The second kappa shape index (κ2) is 9.94. The summed E-state index contributed by atoms with van der Waals surface area (Å²) in [4.78, 5) is 43.7. The Morgan fingerprint density at radius 3 is 2.47 bits per heavy atom. The minimum Gasteiger partial charge on any atom is -0.379 e. The summed E-state index contributed by atoms with van der Waals surface area (Å²) in [5, 5.41) is 0. The third kappa shape index (κ3) is 4.71. The van der Waals surface area contributed by atoms with E-state index in [1.807, 2.05) is 16.7 Å². The monoisotopic (exact) mass is 431 g/mol. The van der Waals surface area contributed by atoms with Gasteiger partial charge in [-0.2, -0.15) is 11.8 Å². The van der Waals surface area contributed by atoms with Gasteiger partial charge in [-0.15, -0.1) is 0 Å². The number of fused-ring (bicyclic) bond motifs is 1. The highest BCUT2D eigenvalue weighted by atomic mass is 32.2. The van der Waals surface area contributed by atoms with Crippen LogP contribution in [0.2, 0.25) is 0 Å². The van der Waals surface area contributed by atoms with Crippen LogP contribution in [0.1, 0.15) is 40.0 Å². The fourth-order valence-corrected chi connectivity index (χ4v) is 5.42. The zero-order valence-electron chi connectivity index (χ0n) is 17.3. The molecule has 3 amide bonds. The maximum atomic E-state index is 13.0. The lowest BCUT2D eigenvalue weighted by Gasteiger charge is -2.35. The molecule has 1 aromatic carbocycles. The van der Waals surface area contributed by atoms with Crippen molar-refractivity contribution in [2.24, 2.45) is 0 Å². The highest BCUT2D eigenvalue weighted by molar-refractivity contribution is 7.99. The lowest BCUT2D eigenvalue weighted by molar-refractivity contribution is -0.133. The van der Waals surface area contributed by atoms with Gasteiger partial charge in [0.25, 0.3) is 11.8 Å². The summed E-state index contributed by atoms with van der Waals surface area (Å²) in [6, 6.07) is 7.12. The van der Waals surface area contributed by atoms with E-state index in [-0.39, 0.29) is 30.3 Å². The van der Waals surface area contributed by atoms with Gasteiger partial charge in [0.1, 0.15) is 0 Å². The van der Waals surface area contributed by atoms with Gasteiger partial charge in [-0.05, 0) is 30.7 Å². The number of morpholine rings is 1. The van der Waals surface area contributed by atoms with Crippen molar-refractivity contribution >= 4 is 29.5 Å². The van der Waals surface area contributed by atoms with Crippen LogP contribution < -0.4 is 0 Å². The van der Waals surface area contributed by atoms with Crippen molar-refractivity contribution in [1.29, 1.82) is 0 Å². The van der Waals surface area contributed by atoms with Crippen molar-refractivity contribution in [3.05, 3.63) is 35.4 Å². The number of ether oxygens (including phenoxy) is 1. The number of hydrogen-bond acceptors (Lipinski definition) is 6. The van der Waals surface area contributed by atoms with Crippen LogP contribution >= 0.6 is 11.8 Å². The lowest BCUT2D eigenvalue weighted by Crippen LogP contribution is -2.50. The number of thioether (sulfide) groups is 1. The molecule has 3 aliphatic rings. The van der Waals surface area contributed by atoms with E-state index in [0.717, 1.165) is 57.3 Å². The summed E-state index contributed by atoms with van der Waals surface area (Å²) >= 11 is 1.92. The van der Waals surface area contributed by atoms with E-state index < -0.39 is 0 Å². The Labute approximate surface area is 181 Å². The number of amides is 3. The molecule has 1 atom stereocenters. The Kier molecular flexibility index (Phi) is 7.07. The molecule has 3 aliphatic heterocycles.